The summed E-state index contributed by atoms with van der Waals surface area (Å²) in [6, 6.07) is 11.9. The van der Waals surface area contributed by atoms with Crippen LogP contribution in [0.5, 0.6) is 11.5 Å². The molecule has 2 aliphatic rings. The van der Waals surface area contributed by atoms with Gasteiger partial charge in [-0.15, -0.1) is 0 Å². The number of nitrogens with zero attached hydrogens (tertiary/aromatic N) is 1. The van der Waals surface area contributed by atoms with Crippen LogP contribution in [0.25, 0.3) is 0 Å². The number of imide groups is 1. The lowest BCUT2D eigenvalue weighted by Gasteiger charge is -2.22. The molecule has 7 heteroatoms. The van der Waals surface area contributed by atoms with Crippen LogP contribution in [0.3, 0.4) is 0 Å². The maximum atomic E-state index is 13.0. The van der Waals surface area contributed by atoms with Crippen molar-refractivity contribution in [2.24, 2.45) is 0 Å². The highest BCUT2D eigenvalue weighted by Crippen LogP contribution is 2.38. The smallest absolute Gasteiger partial charge is 0.325 e. The number of nitrogens with one attached hydrogen (secondary N) is 1. The summed E-state index contributed by atoms with van der Waals surface area (Å²) in [7, 11) is 0. The summed E-state index contributed by atoms with van der Waals surface area (Å²) in [5.74, 6) is 0.866. The fourth-order valence-corrected chi connectivity index (χ4v) is 3.27. The first-order chi connectivity index (χ1) is 12.0. The van der Waals surface area contributed by atoms with Gasteiger partial charge in [0.15, 0.2) is 11.5 Å². The molecule has 2 aromatic rings. The number of amides is 3. The number of carbonyl (C=O) groups is 2. The molecule has 0 aliphatic carbocycles. The molecule has 128 valence electrons. The molecule has 2 heterocycles. The third-order valence-corrected chi connectivity index (χ3v) is 4.69. The SMILES string of the molecule is C[C@]1(c2ccc3c(c2)OCO3)NC(=O)N(Cc2cccc(Cl)c2)C1=O. The average Bonchev–Trinajstić information content (AvgIpc) is 3.13. The standard InChI is InChI=1S/C18H15ClN2O4/c1-18(12-5-6-14-15(8-12)25-10-24-14)16(22)21(17(23)20-18)9-11-3-2-4-13(19)7-11/h2-8H,9-10H2,1H3,(H,20,23)/t18-/m1/s1. The van der Waals surface area contributed by atoms with E-state index in [0.717, 1.165) is 5.56 Å². The van der Waals surface area contributed by atoms with Crippen LogP contribution in [0, 0.1) is 0 Å². The Balaban J connectivity index is 1.63. The van der Waals surface area contributed by atoms with Crippen LogP contribution in [-0.4, -0.2) is 23.6 Å². The van der Waals surface area contributed by atoms with Crippen LogP contribution in [0.2, 0.25) is 5.02 Å². The monoisotopic (exact) mass is 358 g/mol. The summed E-state index contributed by atoms with van der Waals surface area (Å²) in [5, 5.41) is 3.34. The Morgan fingerprint density at radius 1 is 1.16 bits per heavy atom. The maximum Gasteiger partial charge on any atom is 0.325 e. The number of hydrogen-bond donors (Lipinski definition) is 1. The minimum Gasteiger partial charge on any atom is -0.454 e. The Bertz CT molecular complexity index is 885. The minimum absolute atomic E-state index is 0.150. The van der Waals surface area contributed by atoms with Crippen LogP contribution in [0.4, 0.5) is 4.79 Å². The normalized spacial score (nSPS) is 21.6. The maximum absolute atomic E-state index is 13.0. The quantitative estimate of drug-likeness (QED) is 0.856. The van der Waals surface area contributed by atoms with E-state index in [1.54, 1.807) is 43.3 Å². The van der Waals surface area contributed by atoms with Gasteiger partial charge in [0, 0.05) is 5.02 Å². The molecule has 2 aliphatic heterocycles. The second kappa shape index (κ2) is 5.67. The van der Waals surface area contributed by atoms with Crippen molar-refractivity contribution in [3.05, 3.63) is 58.6 Å². The molecule has 0 saturated carbocycles. The first-order valence-corrected chi connectivity index (χ1v) is 8.14. The van der Waals surface area contributed by atoms with Crippen LogP contribution < -0.4 is 14.8 Å². The van der Waals surface area contributed by atoms with Crippen LogP contribution >= 0.6 is 11.6 Å². The van der Waals surface area contributed by atoms with Crippen molar-refractivity contribution in [2.75, 3.05) is 6.79 Å². The van der Waals surface area contributed by atoms with Gasteiger partial charge >= 0.3 is 6.03 Å². The van der Waals surface area contributed by atoms with E-state index in [4.69, 9.17) is 21.1 Å². The lowest BCUT2D eigenvalue weighted by atomic mass is 9.91. The lowest BCUT2D eigenvalue weighted by molar-refractivity contribution is -0.131. The minimum atomic E-state index is -1.16. The number of benzene rings is 2. The molecule has 1 N–H and O–H groups in total. The number of rotatable bonds is 3. The van der Waals surface area contributed by atoms with Crippen molar-refractivity contribution >= 4 is 23.5 Å². The van der Waals surface area contributed by atoms with Crippen molar-refractivity contribution in [1.82, 2.24) is 10.2 Å². The molecule has 2 aromatic carbocycles. The van der Waals surface area contributed by atoms with Crippen molar-refractivity contribution in [3.8, 4) is 11.5 Å². The molecule has 0 spiro atoms. The van der Waals surface area contributed by atoms with E-state index in [2.05, 4.69) is 5.32 Å². The molecule has 0 radical (unpaired) electrons. The van der Waals surface area contributed by atoms with Crippen molar-refractivity contribution in [2.45, 2.75) is 19.0 Å². The van der Waals surface area contributed by atoms with Crippen LogP contribution in [0.15, 0.2) is 42.5 Å². The summed E-state index contributed by atoms with van der Waals surface area (Å²) in [6.07, 6.45) is 0. The van der Waals surface area contributed by atoms with E-state index in [0.29, 0.717) is 22.1 Å². The number of hydrogen-bond acceptors (Lipinski definition) is 4. The summed E-state index contributed by atoms with van der Waals surface area (Å²) < 4.78 is 10.7. The first-order valence-electron chi connectivity index (χ1n) is 7.76. The number of ether oxygens (including phenoxy) is 2. The van der Waals surface area contributed by atoms with E-state index in [1.165, 1.54) is 4.90 Å². The first kappa shape index (κ1) is 15.8. The number of fused-ring (bicyclic) bond motifs is 1. The fourth-order valence-electron chi connectivity index (χ4n) is 3.06. The molecule has 6 nitrogen and oxygen atoms in total. The van der Waals surface area contributed by atoms with E-state index in [9.17, 15) is 9.59 Å². The summed E-state index contributed by atoms with van der Waals surface area (Å²) in [5.41, 5.74) is 0.269. The average molecular weight is 359 g/mol. The molecule has 3 amide bonds. The highest BCUT2D eigenvalue weighted by atomic mass is 35.5. The second-order valence-electron chi connectivity index (χ2n) is 6.14. The van der Waals surface area contributed by atoms with E-state index >= 15 is 0 Å². The molecule has 1 fully saturated rings. The van der Waals surface area contributed by atoms with Gasteiger partial charge in [-0.2, -0.15) is 0 Å². The Hall–Kier alpha value is -2.73. The third kappa shape index (κ3) is 2.59. The zero-order valence-corrected chi connectivity index (χ0v) is 14.2. The zero-order chi connectivity index (χ0) is 17.6. The molecular formula is C18H15ClN2O4. The van der Waals surface area contributed by atoms with Gasteiger partial charge in [0.2, 0.25) is 6.79 Å². The van der Waals surface area contributed by atoms with Gasteiger partial charge in [-0.3, -0.25) is 9.69 Å². The molecule has 0 bridgehead atoms. The molecule has 1 atom stereocenters. The Morgan fingerprint density at radius 2 is 1.96 bits per heavy atom. The fraction of sp³-hybridized carbons (Fsp3) is 0.222. The van der Waals surface area contributed by atoms with Gasteiger partial charge in [-0.25, -0.2) is 4.79 Å². The van der Waals surface area contributed by atoms with Crippen LogP contribution in [-0.2, 0) is 16.9 Å². The summed E-state index contributed by atoms with van der Waals surface area (Å²) in [6.45, 7) is 1.99. The van der Waals surface area contributed by atoms with Crippen molar-refractivity contribution in [1.29, 1.82) is 0 Å². The third-order valence-electron chi connectivity index (χ3n) is 4.45. The zero-order valence-electron chi connectivity index (χ0n) is 13.4. The van der Waals surface area contributed by atoms with Gasteiger partial charge in [-0.05, 0) is 42.3 Å². The van der Waals surface area contributed by atoms with Crippen LogP contribution in [0.1, 0.15) is 18.1 Å². The molecule has 4 rings (SSSR count). The lowest BCUT2D eigenvalue weighted by Crippen LogP contribution is -2.40. The highest BCUT2D eigenvalue weighted by molar-refractivity contribution is 6.30. The second-order valence-corrected chi connectivity index (χ2v) is 6.58. The summed E-state index contributed by atoms with van der Waals surface area (Å²) in [4.78, 5) is 26.6. The van der Waals surface area contributed by atoms with E-state index in [1.807, 2.05) is 6.07 Å². The van der Waals surface area contributed by atoms with Gasteiger partial charge < -0.3 is 14.8 Å². The van der Waals surface area contributed by atoms with Gasteiger partial charge in [0.1, 0.15) is 5.54 Å². The highest BCUT2D eigenvalue weighted by Gasteiger charge is 2.49. The van der Waals surface area contributed by atoms with Crippen molar-refractivity contribution in [3.63, 3.8) is 0 Å². The van der Waals surface area contributed by atoms with Crippen molar-refractivity contribution < 1.29 is 19.1 Å². The predicted octanol–water partition coefficient (Wildman–Crippen LogP) is 3.04. The predicted molar refractivity (Wildman–Crippen MR) is 90.5 cm³/mol. The number of urea groups is 1. The van der Waals surface area contributed by atoms with Gasteiger partial charge in [-0.1, -0.05) is 29.8 Å². The number of halogens is 1. The molecular weight excluding hydrogens is 344 g/mol. The Labute approximate surface area is 149 Å². The Kier molecular flexibility index (Phi) is 3.58. The van der Waals surface area contributed by atoms with Gasteiger partial charge in [0.25, 0.3) is 5.91 Å². The molecule has 0 aromatic heterocycles. The number of carbonyl (C=O) groups excluding carboxylic acids is 2. The largest absolute Gasteiger partial charge is 0.454 e. The molecule has 1 saturated heterocycles. The van der Waals surface area contributed by atoms with Gasteiger partial charge in [0.05, 0.1) is 6.54 Å². The Morgan fingerprint density at radius 3 is 2.76 bits per heavy atom. The molecule has 25 heavy (non-hydrogen) atoms. The molecule has 0 unspecified atom stereocenters. The topological polar surface area (TPSA) is 67.9 Å². The van der Waals surface area contributed by atoms with E-state index in [-0.39, 0.29) is 19.2 Å². The van der Waals surface area contributed by atoms with E-state index < -0.39 is 11.6 Å². The summed E-state index contributed by atoms with van der Waals surface area (Å²) >= 11 is 5.98.